The molecule has 0 spiro atoms. The van der Waals surface area contributed by atoms with Crippen LogP contribution in [0.4, 0.5) is 5.82 Å². The smallest absolute Gasteiger partial charge is 0.252 e. The van der Waals surface area contributed by atoms with Crippen molar-refractivity contribution in [2.75, 3.05) is 31.1 Å². The van der Waals surface area contributed by atoms with E-state index in [0.29, 0.717) is 18.2 Å². The number of nitrogens with zero attached hydrogens (tertiary/aromatic N) is 2. The molecule has 1 fully saturated rings. The third-order valence-electron chi connectivity index (χ3n) is 5.83. The van der Waals surface area contributed by atoms with Gasteiger partial charge in [-0.05, 0) is 49.8 Å². The molecule has 2 heterocycles. The summed E-state index contributed by atoms with van der Waals surface area (Å²) in [5, 5.41) is 6.61. The summed E-state index contributed by atoms with van der Waals surface area (Å²) >= 11 is 0. The number of hydrogen-bond acceptors (Lipinski definition) is 4. The van der Waals surface area contributed by atoms with Crippen molar-refractivity contribution in [1.82, 2.24) is 15.6 Å². The van der Waals surface area contributed by atoms with Crippen LogP contribution in [0.5, 0.6) is 0 Å². The first-order valence-corrected chi connectivity index (χ1v) is 10.7. The molecule has 1 aromatic carbocycles. The molecule has 29 heavy (non-hydrogen) atoms. The molecule has 1 amide bonds. The highest BCUT2D eigenvalue weighted by Crippen LogP contribution is 2.21. The van der Waals surface area contributed by atoms with Crippen molar-refractivity contribution >= 4 is 11.7 Å². The summed E-state index contributed by atoms with van der Waals surface area (Å²) in [7, 11) is 0. The van der Waals surface area contributed by atoms with Crippen LogP contribution >= 0.6 is 0 Å². The molecular formula is C24H30N4O. The molecule has 1 unspecified atom stereocenters. The fourth-order valence-electron chi connectivity index (χ4n) is 4.14. The van der Waals surface area contributed by atoms with Gasteiger partial charge in [0.25, 0.3) is 5.91 Å². The summed E-state index contributed by atoms with van der Waals surface area (Å²) in [5.41, 5.74) is 3.40. The van der Waals surface area contributed by atoms with Gasteiger partial charge < -0.3 is 15.5 Å². The second-order valence-corrected chi connectivity index (χ2v) is 7.88. The van der Waals surface area contributed by atoms with Crippen molar-refractivity contribution in [3.05, 3.63) is 71.4 Å². The fraction of sp³-hybridized carbons (Fsp3) is 0.417. The molecular weight excluding hydrogens is 360 g/mol. The number of carbonyl (C=O) groups is 1. The monoisotopic (exact) mass is 390 g/mol. The summed E-state index contributed by atoms with van der Waals surface area (Å²) in [5.74, 6) is 0.888. The van der Waals surface area contributed by atoms with E-state index in [4.69, 9.17) is 0 Å². The van der Waals surface area contributed by atoms with E-state index in [2.05, 4.69) is 50.9 Å². The van der Waals surface area contributed by atoms with Crippen LogP contribution in [0, 0.1) is 0 Å². The highest BCUT2D eigenvalue weighted by Gasteiger charge is 2.21. The van der Waals surface area contributed by atoms with Crippen molar-refractivity contribution in [3.8, 4) is 0 Å². The SMILES string of the molecule is O=C(NCCC1=CCCCC1)c1ccc(N2CCNC(c3ccccc3)C2)nc1. The topological polar surface area (TPSA) is 57.3 Å². The average Bonchev–Trinajstić information content (AvgIpc) is 2.80. The summed E-state index contributed by atoms with van der Waals surface area (Å²) in [6.07, 6.45) is 9.94. The minimum Gasteiger partial charge on any atom is -0.353 e. The first kappa shape index (κ1) is 19.6. The maximum Gasteiger partial charge on any atom is 0.252 e. The summed E-state index contributed by atoms with van der Waals surface area (Å²) in [6, 6.07) is 14.7. The van der Waals surface area contributed by atoms with Crippen molar-refractivity contribution in [3.63, 3.8) is 0 Å². The molecule has 4 rings (SSSR count). The zero-order valence-electron chi connectivity index (χ0n) is 16.9. The number of hydrogen-bond donors (Lipinski definition) is 2. The fourth-order valence-corrected chi connectivity index (χ4v) is 4.14. The van der Waals surface area contributed by atoms with E-state index in [9.17, 15) is 4.79 Å². The third kappa shape index (κ3) is 5.24. The summed E-state index contributed by atoms with van der Waals surface area (Å²) < 4.78 is 0. The predicted molar refractivity (Wildman–Crippen MR) is 117 cm³/mol. The first-order valence-electron chi connectivity index (χ1n) is 10.7. The number of anilines is 1. The Bertz CT molecular complexity index is 832. The van der Waals surface area contributed by atoms with E-state index < -0.39 is 0 Å². The van der Waals surface area contributed by atoms with Gasteiger partial charge in [0.15, 0.2) is 0 Å². The number of piperazine rings is 1. The molecule has 2 aromatic rings. The van der Waals surface area contributed by atoms with E-state index in [1.165, 1.54) is 36.8 Å². The number of benzene rings is 1. The quantitative estimate of drug-likeness (QED) is 0.736. The van der Waals surface area contributed by atoms with Gasteiger partial charge in [0.1, 0.15) is 5.82 Å². The Morgan fingerprint density at radius 3 is 2.83 bits per heavy atom. The number of nitrogens with one attached hydrogen (secondary N) is 2. The number of pyridine rings is 1. The lowest BCUT2D eigenvalue weighted by atomic mass is 9.97. The minimum atomic E-state index is -0.0390. The van der Waals surface area contributed by atoms with E-state index >= 15 is 0 Å². The molecule has 1 atom stereocenters. The van der Waals surface area contributed by atoms with Crippen LogP contribution in [0.15, 0.2) is 60.3 Å². The molecule has 0 saturated carbocycles. The lowest BCUT2D eigenvalue weighted by Crippen LogP contribution is -2.46. The number of amides is 1. The zero-order valence-corrected chi connectivity index (χ0v) is 16.9. The Morgan fingerprint density at radius 1 is 1.17 bits per heavy atom. The van der Waals surface area contributed by atoms with E-state index in [0.717, 1.165) is 31.9 Å². The zero-order chi connectivity index (χ0) is 19.9. The van der Waals surface area contributed by atoms with Gasteiger partial charge in [0.05, 0.1) is 5.56 Å². The van der Waals surface area contributed by atoms with Crippen molar-refractivity contribution < 1.29 is 4.79 Å². The standard InChI is InChI=1S/C24H30N4O/c29-24(26-14-13-19-7-3-1-4-8-19)21-11-12-23(27-17-21)28-16-15-25-22(18-28)20-9-5-2-6-10-20/h2,5-7,9-12,17,22,25H,1,3-4,8,13-16,18H2,(H,26,29). The van der Waals surface area contributed by atoms with Gasteiger partial charge in [-0.2, -0.15) is 0 Å². The van der Waals surface area contributed by atoms with Crippen LogP contribution in [0.1, 0.15) is 54.1 Å². The van der Waals surface area contributed by atoms with Gasteiger partial charge in [-0.15, -0.1) is 0 Å². The Morgan fingerprint density at radius 2 is 2.07 bits per heavy atom. The molecule has 1 aliphatic carbocycles. The molecule has 2 aliphatic rings. The van der Waals surface area contributed by atoms with Crippen LogP contribution in [-0.2, 0) is 0 Å². The van der Waals surface area contributed by atoms with Crippen LogP contribution in [0.25, 0.3) is 0 Å². The van der Waals surface area contributed by atoms with Gasteiger partial charge in [-0.3, -0.25) is 4.79 Å². The Kier molecular flexibility index (Phi) is 6.57. The normalized spacial score (nSPS) is 19.5. The van der Waals surface area contributed by atoms with E-state index in [-0.39, 0.29) is 5.91 Å². The molecule has 0 bridgehead atoms. The van der Waals surface area contributed by atoms with Crippen LogP contribution in [0.3, 0.4) is 0 Å². The first-order chi connectivity index (χ1) is 14.3. The predicted octanol–water partition coefficient (Wildman–Crippen LogP) is 3.85. The minimum absolute atomic E-state index is 0.0390. The van der Waals surface area contributed by atoms with Crippen molar-refractivity contribution in [1.29, 1.82) is 0 Å². The number of aromatic nitrogens is 1. The van der Waals surface area contributed by atoms with Gasteiger partial charge in [0.2, 0.25) is 0 Å². The summed E-state index contributed by atoms with van der Waals surface area (Å²) in [6.45, 7) is 3.40. The maximum atomic E-state index is 12.4. The summed E-state index contributed by atoms with van der Waals surface area (Å²) in [4.78, 5) is 19.3. The average molecular weight is 391 g/mol. The van der Waals surface area contributed by atoms with Crippen LogP contribution in [-0.4, -0.2) is 37.1 Å². The molecule has 152 valence electrons. The van der Waals surface area contributed by atoms with Crippen LogP contribution < -0.4 is 15.5 Å². The molecule has 1 aromatic heterocycles. The Hall–Kier alpha value is -2.66. The van der Waals surface area contributed by atoms with Crippen LogP contribution in [0.2, 0.25) is 0 Å². The van der Waals surface area contributed by atoms with Gasteiger partial charge >= 0.3 is 0 Å². The highest BCUT2D eigenvalue weighted by atomic mass is 16.1. The third-order valence-corrected chi connectivity index (χ3v) is 5.83. The molecule has 1 saturated heterocycles. The largest absolute Gasteiger partial charge is 0.353 e. The maximum absolute atomic E-state index is 12.4. The van der Waals surface area contributed by atoms with Gasteiger partial charge in [-0.1, -0.05) is 42.0 Å². The Labute approximate surface area is 173 Å². The molecule has 2 N–H and O–H groups in total. The Balaban J connectivity index is 1.31. The van der Waals surface area contributed by atoms with E-state index in [1.54, 1.807) is 6.20 Å². The van der Waals surface area contributed by atoms with E-state index in [1.807, 2.05) is 18.2 Å². The van der Waals surface area contributed by atoms with Crippen molar-refractivity contribution in [2.24, 2.45) is 0 Å². The van der Waals surface area contributed by atoms with Gasteiger partial charge in [-0.25, -0.2) is 4.98 Å². The van der Waals surface area contributed by atoms with Crippen molar-refractivity contribution in [2.45, 2.75) is 38.1 Å². The lowest BCUT2D eigenvalue weighted by molar-refractivity contribution is 0.0953. The second kappa shape index (κ2) is 9.70. The van der Waals surface area contributed by atoms with Gasteiger partial charge in [0, 0.05) is 38.4 Å². The lowest BCUT2D eigenvalue weighted by Gasteiger charge is -2.34. The number of carbonyl (C=O) groups excluding carboxylic acids is 1. The molecule has 1 aliphatic heterocycles. The number of rotatable bonds is 6. The number of allylic oxidation sites excluding steroid dienone is 1. The second-order valence-electron chi connectivity index (χ2n) is 7.88. The molecule has 5 nitrogen and oxygen atoms in total. The molecule has 0 radical (unpaired) electrons. The molecule has 5 heteroatoms. The highest BCUT2D eigenvalue weighted by molar-refractivity contribution is 5.94.